The second kappa shape index (κ2) is 10.7. The SMILES string of the molecule is COc1ccc(CN2C(=O)C[C@H](C(=O)Nc3cccc(Cl)c3)SC2=Nc2ccc(F)cc2)cc1. The Morgan fingerprint density at radius 2 is 1.91 bits per heavy atom. The van der Waals surface area contributed by atoms with E-state index in [0.717, 1.165) is 5.56 Å². The van der Waals surface area contributed by atoms with Crippen LogP contribution in [-0.4, -0.2) is 34.2 Å². The number of aliphatic imine (C=N–C) groups is 1. The molecule has 0 unspecified atom stereocenters. The number of carbonyl (C=O) groups excluding carboxylic acids is 2. The van der Waals surface area contributed by atoms with E-state index in [-0.39, 0.29) is 30.6 Å². The van der Waals surface area contributed by atoms with Crippen molar-refractivity contribution in [3.63, 3.8) is 0 Å². The van der Waals surface area contributed by atoms with Crippen LogP contribution in [-0.2, 0) is 16.1 Å². The number of thioether (sulfide) groups is 1. The van der Waals surface area contributed by atoms with Crippen LogP contribution in [0.5, 0.6) is 5.75 Å². The molecule has 1 fully saturated rings. The van der Waals surface area contributed by atoms with Gasteiger partial charge in [0.2, 0.25) is 11.8 Å². The molecule has 0 aromatic heterocycles. The first-order valence-electron chi connectivity index (χ1n) is 10.4. The second-order valence-electron chi connectivity index (χ2n) is 7.51. The summed E-state index contributed by atoms with van der Waals surface area (Å²) >= 11 is 7.20. The molecule has 34 heavy (non-hydrogen) atoms. The molecule has 1 N–H and O–H groups in total. The zero-order valence-corrected chi connectivity index (χ0v) is 19.8. The molecule has 6 nitrogen and oxygen atoms in total. The number of methoxy groups -OCH3 is 1. The minimum Gasteiger partial charge on any atom is -0.497 e. The highest BCUT2D eigenvalue weighted by molar-refractivity contribution is 8.15. The lowest BCUT2D eigenvalue weighted by atomic mass is 10.2. The fourth-order valence-corrected chi connectivity index (χ4v) is 4.61. The Morgan fingerprint density at radius 3 is 2.59 bits per heavy atom. The van der Waals surface area contributed by atoms with Crippen molar-refractivity contribution in [2.75, 3.05) is 12.4 Å². The van der Waals surface area contributed by atoms with Gasteiger partial charge in [0.15, 0.2) is 5.17 Å². The van der Waals surface area contributed by atoms with Crippen molar-refractivity contribution in [3.8, 4) is 5.75 Å². The average molecular weight is 498 g/mol. The topological polar surface area (TPSA) is 71.0 Å². The zero-order chi connectivity index (χ0) is 24.1. The Morgan fingerprint density at radius 1 is 1.18 bits per heavy atom. The summed E-state index contributed by atoms with van der Waals surface area (Å²) in [5, 5.41) is 2.99. The van der Waals surface area contributed by atoms with Crippen LogP contribution in [0.3, 0.4) is 0 Å². The maximum absolute atomic E-state index is 13.4. The van der Waals surface area contributed by atoms with E-state index in [0.29, 0.717) is 27.3 Å². The lowest BCUT2D eigenvalue weighted by molar-refractivity contribution is -0.129. The Labute approximate surface area is 205 Å². The van der Waals surface area contributed by atoms with Gasteiger partial charge in [0.25, 0.3) is 0 Å². The number of ether oxygens (including phenoxy) is 1. The van der Waals surface area contributed by atoms with Gasteiger partial charge in [-0.15, -0.1) is 0 Å². The van der Waals surface area contributed by atoms with Gasteiger partial charge in [0.05, 0.1) is 19.3 Å². The van der Waals surface area contributed by atoms with E-state index >= 15 is 0 Å². The monoisotopic (exact) mass is 497 g/mol. The van der Waals surface area contributed by atoms with Crippen LogP contribution in [0.1, 0.15) is 12.0 Å². The fourth-order valence-electron chi connectivity index (χ4n) is 3.33. The average Bonchev–Trinajstić information content (AvgIpc) is 2.83. The third kappa shape index (κ3) is 5.95. The Balaban J connectivity index is 1.59. The van der Waals surface area contributed by atoms with Crippen LogP contribution in [0.25, 0.3) is 0 Å². The summed E-state index contributed by atoms with van der Waals surface area (Å²) < 4.78 is 18.6. The molecule has 4 rings (SSSR count). The van der Waals surface area contributed by atoms with E-state index in [1.807, 2.05) is 24.3 Å². The van der Waals surface area contributed by atoms with Crippen molar-refractivity contribution in [2.24, 2.45) is 4.99 Å². The van der Waals surface area contributed by atoms with Gasteiger partial charge >= 0.3 is 0 Å². The van der Waals surface area contributed by atoms with Crippen molar-refractivity contribution in [1.29, 1.82) is 0 Å². The minimum absolute atomic E-state index is 0.00958. The quantitative estimate of drug-likeness (QED) is 0.478. The van der Waals surface area contributed by atoms with Gasteiger partial charge in [0.1, 0.15) is 16.8 Å². The van der Waals surface area contributed by atoms with E-state index in [1.54, 1.807) is 36.3 Å². The molecule has 2 amide bonds. The Bertz CT molecular complexity index is 1220. The maximum Gasteiger partial charge on any atom is 0.238 e. The van der Waals surface area contributed by atoms with Crippen LogP contribution in [0.4, 0.5) is 15.8 Å². The lowest BCUT2D eigenvalue weighted by Gasteiger charge is -2.32. The second-order valence-corrected chi connectivity index (χ2v) is 9.12. The highest BCUT2D eigenvalue weighted by Gasteiger charge is 2.36. The van der Waals surface area contributed by atoms with E-state index in [1.165, 1.54) is 36.0 Å². The smallest absolute Gasteiger partial charge is 0.238 e. The first kappa shape index (κ1) is 23.8. The van der Waals surface area contributed by atoms with E-state index in [4.69, 9.17) is 16.3 Å². The molecule has 3 aromatic rings. The van der Waals surface area contributed by atoms with Crippen molar-refractivity contribution in [1.82, 2.24) is 4.90 Å². The summed E-state index contributed by atoms with van der Waals surface area (Å²) in [6, 6.07) is 19.8. The molecule has 9 heteroatoms. The number of nitrogens with zero attached hydrogens (tertiary/aromatic N) is 2. The zero-order valence-electron chi connectivity index (χ0n) is 18.2. The molecule has 1 atom stereocenters. The van der Waals surface area contributed by atoms with Gasteiger partial charge in [-0.3, -0.25) is 14.5 Å². The first-order chi connectivity index (χ1) is 16.4. The Hall–Kier alpha value is -3.36. The van der Waals surface area contributed by atoms with Crippen LogP contribution < -0.4 is 10.1 Å². The standard InChI is InChI=1S/C25H21ClFN3O3S/c1-33-21-11-5-16(6-12-21)15-30-23(31)14-22(24(32)28-20-4-2-3-17(26)13-20)34-25(30)29-19-9-7-18(27)8-10-19/h2-13,22H,14-15H2,1H3,(H,28,32)/t22-/m1/s1. The van der Waals surface area contributed by atoms with Crippen LogP contribution in [0, 0.1) is 5.82 Å². The molecule has 3 aromatic carbocycles. The normalized spacial score (nSPS) is 17.0. The molecule has 174 valence electrons. The molecule has 0 radical (unpaired) electrons. The summed E-state index contributed by atoms with van der Waals surface area (Å²) in [5.41, 5.74) is 1.90. The summed E-state index contributed by atoms with van der Waals surface area (Å²) in [5.74, 6) is -0.232. The van der Waals surface area contributed by atoms with Gasteiger partial charge in [-0.05, 0) is 60.2 Å². The maximum atomic E-state index is 13.4. The van der Waals surface area contributed by atoms with Crippen molar-refractivity contribution < 1.29 is 18.7 Å². The molecular weight excluding hydrogens is 477 g/mol. The van der Waals surface area contributed by atoms with Crippen LogP contribution in [0.2, 0.25) is 5.02 Å². The third-order valence-electron chi connectivity index (χ3n) is 5.08. The molecule has 1 saturated heterocycles. The number of hydrogen-bond donors (Lipinski definition) is 1. The minimum atomic E-state index is -0.683. The number of hydrogen-bond acceptors (Lipinski definition) is 5. The van der Waals surface area contributed by atoms with Crippen molar-refractivity contribution in [2.45, 2.75) is 18.2 Å². The lowest BCUT2D eigenvalue weighted by Crippen LogP contribution is -2.44. The van der Waals surface area contributed by atoms with E-state index in [9.17, 15) is 14.0 Å². The predicted octanol–water partition coefficient (Wildman–Crippen LogP) is 5.65. The number of halogens is 2. The van der Waals surface area contributed by atoms with Crippen LogP contribution in [0.15, 0.2) is 77.8 Å². The van der Waals surface area contributed by atoms with Gasteiger partial charge in [-0.1, -0.05) is 41.6 Å². The highest BCUT2D eigenvalue weighted by Crippen LogP contribution is 2.31. The summed E-state index contributed by atoms with van der Waals surface area (Å²) in [4.78, 5) is 32.2. The molecule has 1 aliphatic heterocycles. The van der Waals surface area contributed by atoms with Crippen LogP contribution >= 0.6 is 23.4 Å². The molecule has 1 aliphatic rings. The van der Waals surface area contributed by atoms with Gasteiger partial charge in [0, 0.05) is 17.1 Å². The molecule has 0 spiro atoms. The van der Waals surface area contributed by atoms with E-state index < -0.39 is 5.25 Å². The van der Waals surface area contributed by atoms with Gasteiger partial charge in [-0.2, -0.15) is 0 Å². The number of rotatable bonds is 6. The first-order valence-corrected chi connectivity index (χ1v) is 11.7. The fraction of sp³-hybridized carbons (Fsp3) is 0.160. The number of amidine groups is 1. The van der Waals surface area contributed by atoms with Gasteiger partial charge < -0.3 is 10.1 Å². The number of benzene rings is 3. The van der Waals surface area contributed by atoms with Gasteiger partial charge in [-0.25, -0.2) is 9.38 Å². The predicted molar refractivity (Wildman–Crippen MR) is 133 cm³/mol. The molecule has 1 heterocycles. The third-order valence-corrected chi connectivity index (χ3v) is 6.50. The largest absolute Gasteiger partial charge is 0.497 e. The number of anilines is 1. The summed E-state index contributed by atoms with van der Waals surface area (Å²) in [6.07, 6.45) is 0.00958. The molecule has 0 bridgehead atoms. The van der Waals surface area contributed by atoms with E-state index in [2.05, 4.69) is 10.3 Å². The summed E-state index contributed by atoms with van der Waals surface area (Å²) in [7, 11) is 1.59. The molecular formula is C25H21ClFN3O3S. The summed E-state index contributed by atoms with van der Waals surface area (Å²) in [6.45, 7) is 0.276. The molecule has 0 aliphatic carbocycles. The number of amides is 2. The number of nitrogens with one attached hydrogen (secondary N) is 1. The molecule has 0 saturated carbocycles. The van der Waals surface area contributed by atoms with Crippen molar-refractivity contribution >= 4 is 51.7 Å². The highest BCUT2D eigenvalue weighted by atomic mass is 35.5. The van der Waals surface area contributed by atoms with Crippen molar-refractivity contribution in [3.05, 3.63) is 89.2 Å². The number of carbonyl (C=O) groups is 2. The Kier molecular flexibility index (Phi) is 7.49.